The molecule has 58 heavy (non-hydrogen) atoms. The van der Waals surface area contributed by atoms with Gasteiger partial charge in [-0.25, -0.2) is 0 Å². The fourth-order valence-corrected chi connectivity index (χ4v) is 4.87. The number of hydrogen-bond acceptors (Lipinski definition) is 11. The Labute approximate surface area is 353 Å². The van der Waals surface area contributed by atoms with Crippen LogP contribution in [0.1, 0.15) is 194 Å². The molecule has 0 fully saturated rings. The maximum Gasteiger partial charge on any atom is 0.303 e. The van der Waals surface area contributed by atoms with Crippen molar-refractivity contribution in [1.29, 1.82) is 0 Å². The molecule has 0 aromatic rings. The van der Waals surface area contributed by atoms with Gasteiger partial charge in [-0.15, -0.1) is 0 Å². The summed E-state index contributed by atoms with van der Waals surface area (Å²) in [6.07, 6.45) is 39.6. The first-order chi connectivity index (χ1) is 28.0. The van der Waals surface area contributed by atoms with Crippen LogP contribution in [0.4, 0.5) is 0 Å². The van der Waals surface area contributed by atoms with Crippen LogP contribution in [0.15, 0.2) is 24.3 Å². The molecule has 0 heterocycles. The van der Waals surface area contributed by atoms with Crippen LogP contribution in [-0.2, 0) is 9.59 Å². The normalized spacial score (nSPS) is 10.9. The number of carboxylic acid groups (broad SMARTS) is 2. The van der Waals surface area contributed by atoms with E-state index in [4.69, 9.17) is 56.2 Å². The molecule has 0 saturated carbocycles. The fourth-order valence-electron chi connectivity index (χ4n) is 4.87. The summed E-state index contributed by atoms with van der Waals surface area (Å²) in [5.41, 5.74) is 0. The van der Waals surface area contributed by atoms with Crippen LogP contribution >= 0.6 is 0 Å². The minimum Gasteiger partial charge on any atom is -0.481 e. The number of aliphatic hydroxyl groups excluding tert-OH is 9. The molecule has 0 unspecified atom stereocenters. The summed E-state index contributed by atoms with van der Waals surface area (Å²) < 4.78 is 0. The monoisotopic (exact) mass is 841 g/mol. The van der Waals surface area contributed by atoms with Crippen LogP contribution < -0.4 is 0 Å². The van der Waals surface area contributed by atoms with Crippen molar-refractivity contribution in [3.63, 3.8) is 0 Å². The molecule has 0 radical (unpaired) electrons. The van der Waals surface area contributed by atoms with Crippen LogP contribution in [0, 0.1) is 0 Å². The van der Waals surface area contributed by atoms with Crippen molar-refractivity contribution >= 4 is 11.9 Å². The van der Waals surface area contributed by atoms with E-state index in [9.17, 15) is 9.59 Å². The molecule has 0 bridgehead atoms. The number of allylic oxidation sites excluding steroid dienone is 4. The third kappa shape index (κ3) is 78.4. The van der Waals surface area contributed by atoms with Crippen LogP contribution in [0.2, 0.25) is 0 Å². The van der Waals surface area contributed by atoms with Gasteiger partial charge in [0.1, 0.15) is 18.3 Å². The van der Waals surface area contributed by atoms with Crippen LogP contribution in [0.3, 0.4) is 0 Å². The highest BCUT2D eigenvalue weighted by Crippen LogP contribution is 2.11. The third-order valence-electron chi connectivity index (χ3n) is 8.57. The fraction of sp³-hybridized carbons (Fsp3) is 0.867. The highest BCUT2D eigenvalue weighted by molar-refractivity contribution is 5.66. The van der Waals surface area contributed by atoms with Gasteiger partial charge in [0, 0.05) is 12.8 Å². The number of rotatable bonds is 36. The lowest BCUT2D eigenvalue weighted by Crippen LogP contribution is -2.15. The second kappa shape index (κ2) is 61.7. The summed E-state index contributed by atoms with van der Waals surface area (Å²) >= 11 is 0. The Morgan fingerprint density at radius 2 is 0.534 bits per heavy atom. The zero-order valence-corrected chi connectivity index (χ0v) is 36.8. The maximum absolute atomic E-state index is 10.3. The van der Waals surface area contributed by atoms with Crippen molar-refractivity contribution in [2.45, 2.75) is 212 Å². The highest BCUT2D eigenvalue weighted by atomic mass is 16.4. The SMILES string of the molecule is CCCCCCCCC=CCCCCCCCC(=O)O.CCCCCCCCC=CCCCCCCCC(=O)O.OCC(O)CO.OCC(O)CO.OCC(O)CO. The topological polar surface area (TPSA) is 257 Å². The number of carboxylic acids is 2. The molecule has 13 heteroatoms. The summed E-state index contributed by atoms with van der Waals surface area (Å²) in [6.45, 7) is 2.33. The lowest BCUT2D eigenvalue weighted by atomic mass is 10.1. The predicted octanol–water partition coefficient (Wildman–Crippen LogP) is 7.21. The van der Waals surface area contributed by atoms with E-state index < -0.39 is 30.3 Å². The largest absolute Gasteiger partial charge is 0.481 e. The minimum absolute atomic E-state index is 0.332. The predicted molar refractivity (Wildman–Crippen MR) is 235 cm³/mol. The van der Waals surface area contributed by atoms with E-state index in [1.54, 1.807) is 0 Å². The molecule has 0 aromatic carbocycles. The van der Waals surface area contributed by atoms with Gasteiger partial charge in [-0.05, 0) is 64.2 Å². The van der Waals surface area contributed by atoms with Crippen molar-refractivity contribution in [1.82, 2.24) is 0 Å². The molecular formula is C45H92O13. The van der Waals surface area contributed by atoms with Crippen molar-refractivity contribution in [2.24, 2.45) is 0 Å². The first kappa shape index (κ1) is 65.2. The van der Waals surface area contributed by atoms with E-state index in [1.165, 1.54) is 141 Å². The molecule has 0 atom stereocenters. The van der Waals surface area contributed by atoms with E-state index in [2.05, 4.69) is 38.2 Å². The van der Waals surface area contributed by atoms with E-state index in [0.717, 1.165) is 25.7 Å². The molecule has 0 spiro atoms. The molecule has 0 aliphatic carbocycles. The molecule has 0 amide bonds. The number of unbranched alkanes of at least 4 members (excludes halogenated alkanes) is 22. The first-order valence-electron chi connectivity index (χ1n) is 22.4. The number of carbonyl (C=O) groups is 2. The van der Waals surface area contributed by atoms with Crippen LogP contribution in [0.5, 0.6) is 0 Å². The lowest BCUT2D eigenvalue weighted by Gasteiger charge is -1.99. The highest BCUT2D eigenvalue weighted by Gasteiger charge is 1.98. The van der Waals surface area contributed by atoms with Crippen molar-refractivity contribution in [2.75, 3.05) is 39.6 Å². The summed E-state index contributed by atoms with van der Waals surface area (Å²) in [5.74, 6) is -1.33. The molecule has 0 aliphatic rings. The second-order valence-electron chi connectivity index (χ2n) is 14.5. The smallest absolute Gasteiger partial charge is 0.303 e. The minimum atomic E-state index is -0.954. The van der Waals surface area contributed by atoms with Gasteiger partial charge in [0.15, 0.2) is 0 Å². The van der Waals surface area contributed by atoms with Gasteiger partial charge in [0.2, 0.25) is 0 Å². The van der Waals surface area contributed by atoms with Gasteiger partial charge in [-0.1, -0.05) is 141 Å². The Hall–Kier alpha value is -1.94. The average Bonchev–Trinajstić information content (AvgIpc) is 3.23. The summed E-state index contributed by atoms with van der Waals surface area (Å²) in [6, 6.07) is 0. The summed E-state index contributed by atoms with van der Waals surface area (Å²) in [4.78, 5) is 20.6. The Balaban J connectivity index is -0.000000228. The second-order valence-corrected chi connectivity index (χ2v) is 14.5. The third-order valence-corrected chi connectivity index (χ3v) is 8.57. The molecule has 350 valence electrons. The van der Waals surface area contributed by atoms with Gasteiger partial charge in [0.05, 0.1) is 39.6 Å². The molecule has 0 rings (SSSR count). The zero-order chi connectivity index (χ0) is 44.8. The number of hydrogen-bond donors (Lipinski definition) is 11. The Morgan fingerprint density at radius 1 is 0.345 bits per heavy atom. The van der Waals surface area contributed by atoms with E-state index in [1.807, 2.05) is 0 Å². The number of aliphatic hydroxyl groups is 9. The Bertz CT molecular complexity index is 726. The standard InChI is InChI=1S/2C18H34O2.3C3H8O3/c2*1-2-3-4-5-6-7-8-9-10-11-12-13-14-15-16-17-18(19)20;3*4-1-3(6)2-5/h2*9-10H,2-8,11-17H2,1H3,(H,19,20);3*3-6H,1-2H2. The summed E-state index contributed by atoms with van der Waals surface area (Å²) in [7, 11) is 0. The molecule has 0 aromatic heterocycles. The molecule has 0 saturated heterocycles. The van der Waals surface area contributed by atoms with Gasteiger partial charge < -0.3 is 56.2 Å². The quantitative estimate of drug-likeness (QED) is 0.0220. The maximum atomic E-state index is 10.3. The zero-order valence-electron chi connectivity index (χ0n) is 36.8. The van der Waals surface area contributed by atoms with Crippen molar-refractivity contribution < 1.29 is 65.8 Å². The van der Waals surface area contributed by atoms with Gasteiger partial charge in [0.25, 0.3) is 0 Å². The average molecular weight is 841 g/mol. The van der Waals surface area contributed by atoms with Crippen LogP contribution in [-0.4, -0.2) is 126 Å². The molecule has 13 nitrogen and oxygen atoms in total. The molecule has 0 aliphatic heterocycles. The Morgan fingerprint density at radius 3 is 0.707 bits per heavy atom. The van der Waals surface area contributed by atoms with E-state index in [-0.39, 0.29) is 39.6 Å². The van der Waals surface area contributed by atoms with Gasteiger partial charge in [-0.2, -0.15) is 0 Å². The van der Waals surface area contributed by atoms with Crippen molar-refractivity contribution in [3.05, 3.63) is 24.3 Å². The van der Waals surface area contributed by atoms with E-state index >= 15 is 0 Å². The molecular weight excluding hydrogens is 748 g/mol. The number of aliphatic carboxylic acids is 2. The molecule has 11 N–H and O–H groups in total. The van der Waals surface area contributed by atoms with E-state index in [0.29, 0.717) is 12.8 Å². The first-order valence-corrected chi connectivity index (χ1v) is 22.4. The Kier molecular flexibility index (Phi) is 69.4. The van der Waals surface area contributed by atoms with Crippen LogP contribution in [0.25, 0.3) is 0 Å². The van der Waals surface area contributed by atoms with Gasteiger partial charge >= 0.3 is 11.9 Å². The summed E-state index contributed by atoms with van der Waals surface area (Å²) in [5, 5.41) is 89.1. The van der Waals surface area contributed by atoms with Gasteiger partial charge in [-0.3, -0.25) is 9.59 Å². The lowest BCUT2D eigenvalue weighted by molar-refractivity contribution is -0.138. The van der Waals surface area contributed by atoms with Crippen molar-refractivity contribution in [3.8, 4) is 0 Å².